The molecule has 1 heterocycles. The minimum atomic E-state index is -0.865. The Balaban J connectivity index is 1.84. The fourth-order valence-electron chi connectivity index (χ4n) is 2.53. The number of aromatic amines is 1. The van der Waals surface area contributed by atoms with Crippen LogP contribution >= 0.6 is 0 Å². The van der Waals surface area contributed by atoms with Crippen LogP contribution in [0.3, 0.4) is 0 Å². The smallest absolute Gasteiger partial charge is 0.307 e. The SMILES string of the molecule is COc1ccc(COc2cccc3[nH]cc(CC(=O)O)c23)cc1. The molecule has 0 saturated heterocycles. The summed E-state index contributed by atoms with van der Waals surface area (Å²) in [4.78, 5) is 14.1. The van der Waals surface area contributed by atoms with E-state index in [-0.39, 0.29) is 6.42 Å². The maximum atomic E-state index is 11.0. The number of hydrogen-bond donors (Lipinski definition) is 2. The van der Waals surface area contributed by atoms with Crippen molar-refractivity contribution in [1.29, 1.82) is 0 Å². The van der Waals surface area contributed by atoms with E-state index in [1.54, 1.807) is 13.3 Å². The highest BCUT2D eigenvalue weighted by Crippen LogP contribution is 2.30. The lowest BCUT2D eigenvalue weighted by molar-refractivity contribution is -0.136. The zero-order chi connectivity index (χ0) is 16.2. The second-order valence-electron chi connectivity index (χ2n) is 5.20. The van der Waals surface area contributed by atoms with Gasteiger partial charge in [-0.2, -0.15) is 0 Å². The third-order valence-corrected chi connectivity index (χ3v) is 3.64. The molecule has 1 aromatic heterocycles. The average molecular weight is 311 g/mol. The first-order chi connectivity index (χ1) is 11.2. The number of carbonyl (C=O) groups is 1. The fourth-order valence-corrected chi connectivity index (χ4v) is 2.53. The zero-order valence-corrected chi connectivity index (χ0v) is 12.7. The zero-order valence-electron chi connectivity index (χ0n) is 12.7. The number of methoxy groups -OCH3 is 1. The van der Waals surface area contributed by atoms with Crippen molar-refractivity contribution >= 4 is 16.9 Å². The van der Waals surface area contributed by atoms with Crippen molar-refractivity contribution in [2.24, 2.45) is 0 Å². The number of benzene rings is 2. The van der Waals surface area contributed by atoms with Crippen molar-refractivity contribution in [3.05, 3.63) is 59.8 Å². The largest absolute Gasteiger partial charge is 0.497 e. The molecule has 0 saturated carbocycles. The lowest BCUT2D eigenvalue weighted by Gasteiger charge is -2.09. The highest BCUT2D eigenvalue weighted by molar-refractivity contribution is 5.91. The van der Waals surface area contributed by atoms with Crippen LogP contribution in [0, 0.1) is 0 Å². The van der Waals surface area contributed by atoms with Gasteiger partial charge in [0.25, 0.3) is 0 Å². The molecule has 0 aliphatic heterocycles. The first-order valence-electron chi connectivity index (χ1n) is 7.24. The molecule has 0 aliphatic carbocycles. The summed E-state index contributed by atoms with van der Waals surface area (Å²) < 4.78 is 11.0. The van der Waals surface area contributed by atoms with Crippen molar-refractivity contribution in [1.82, 2.24) is 4.98 Å². The van der Waals surface area contributed by atoms with Gasteiger partial charge in [-0.3, -0.25) is 4.79 Å². The van der Waals surface area contributed by atoms with E-state index in [1.165, 1.54) is 0 Å². The van der Waals surface area contributed by atoms with Gasteiger partial charge in [-0.25, -0.2) is 0 Å². The van der Waals surface area contributed by atoms with Crippen molar-refractivity contribution < 1.29 is 19.4 Å². The Labute approximate surface area is 133 Å². The van der Waals surface area contributed by atoms with Crippen molar-refractivity contribution in [3.8, 4) is 11.5 Å². The summed E-state index contributed by atoms with van der Waals surface area (Å²) in [6.07, 6.45) is 1.68. The second kappa shape index (κ2) is 6.44. The van der Waals surface area contributed by atoms with Crippen LogP contribution in [-0.2, 0) is 17.8 Å². The van der Waals surface area contributed by atoms with Crippen LogP contribution < -0.4 is 9.47 Å². The molecule has 5 nitrogen and oxygen atoms in total. The van der Waals surface area contributed by atoms with Crippen molar-refractivity contribution in [2.45, 2.75) is 13.0 Å². The van der Waals surface area contributed by atoms with Gasteiger partial charge in [0, 0.05) is 17.1 Å². The Morgan fingerprint density at radius 1 is 1.17 bits per heavy atom. The number of hydrogen-bond acceptors (Lipinski definition) is 3. The highest BCUT2D eigenvalue weighted by atomic mass is 16.5. The van der Waals surface area contributed by atoms with E-state index in [1.807, 2.05) is 42.5 Å². The van der Waals surface area contributed by atoms with Crippen LogP contribution in [0.2, 0.25) is 0 Å². The van der Waals surface area contributed by atoms with E-state index < -0.39 is 5.97 Å². The Kier molecular flexibility index (Phi) is 4.19. The van der Waals surface area contributed by atoms with Crippen LogP contribution in [0.15, 0.2) is 48.7 Å². The van der Waals surface area contributed by atoms with Gasteiger partial charge in [-0.15, -0.1) is 0 Å². The second-order valence-corrected chi connectivity index (χ2v) is 5.20. The van der Waals surface area contributed by atoms with Crippen LogP contribution in [0.25, 0.3) is 10.9 Å². The van der Waals surface area contributed by atoms with Gasteiger partial charge in [0.2, 0.25) is 0 Å². The molecule has 23 heavy (non-hydrogen) atoms. The molecular formula is C18H17NO4. The summed E-state index contributed by atoms with van der Waals surface area (Å²) in [5.74, 6) is 0.608. The molecule has 0 fully saturated rings. The van der Waals surface area contributed by atoms with E-state index in [9.17, 15) is 4.79 Å². The maximum absolute atomic E-state index is 11.0. The monoisotopic (exact) mass is 311 g/mol. The topological polar surface area (TPSA) is 71.5 Å². The quantitative estimate of drug-likeness (QED) is 0.732. The van der Waals surface area contributed by atoms with E-state index in [0.717, 1.165) is 27.8 Å². The summed E-state index contributed by atoms with van der Waals surface area (Å²) in [7, 11) is 1.63. The molecule has 0 aliphatic rings. The van der Waals surface area contributed by atoms with E-state index >= 15 is 0 Å². The summed E-state index contributed by atoms with van der Waals surface area (Å²) in [5.41, 5.74) is 2.60. The van der Waals surface area contributed by atoms with Gasteiger partial charge in [0.05, 0.1) is 13.5 Å². The predicted octanol–water partition coefficient (Wildman–Crippen LogP) is 3.38. The molecule has 0 amide bonds. The van der Waals surface area contributed by atoms with Crippen LogP contribution in [0.5, 0.6) is 11.5 Å². The average Bonchev–Trinajstić information content (AvgIpc) is 2.96. The summed E-state index contributed by atoms with van der Waals surface area (Å²) in [6.45, 7) is 0.404. The normalized spacial score (nSPS) is 10.7. The van der Waals surface area contributed by atoms with Crippen molar-refractivity contribution in [2.75, 3.05) is 7.11 Å². The minimum absolute atomic E-state index is 0.0388. The van der Waals surface area contributed by atoms with Gasteiger partial charge < -0.3 is 19.6 Å². The van der Waals surface area contributed by atoms with Gasteiger partial charge in [-0.1, -0.05) is 18.2 Å². The molecule has 3 aromatic rings. The number of carboxylic acid groups (broad SMARTS) is 1. The molecule has 3 rings (SSSR count). The molecule has 0 radical (unpaired) electrons. The molecule has 5 heteroatoms. The van der Waals surface area contributed by atoms with Crippen LogP contribution in [0.1, 0.15) is 11.1 Å². The Morgan fingerprint density at radius 3 is 2.65 bits per heavy atom. The van der Waals surface area contributed by atoms with E-state index in [4.69, 9.17) is 14.6 Å². The van der Waals surface area contributed by atoms with E-state index in [0.29, 0.717) is 12.4 Å². The highest BCUT2D eigenvalue weighted by Gasteiger charge is 2.12. The van der Waals surface area contributed by atoms with E-state index in [2.05, 4.69) is 4.98 Å². The number of nitrogens with one attached hydrogen (secondary N) is 1. The van der Waals surface area contributed by atoms with Crippen LogP contribution in [0.4, 0.5) is 0 Å². The lowest BCUT2D eigenvalue weighted by Crippen LogP contribution is -2.00. The first kappa shape index (κ1) is 15.0. The Hall–Kier alpha value is -2.95. The standard InChI is InChI=1S/C18H17NO4/c1-22-14-7-5-12(6-8-14)11-23-16-4-2-3-15-18(16)13(10-19-15)9-17(20)21/h2-8,10,19H,9,11H2,1H3,(H,20,21). The lowest BCUT2D eigenvalue weighted by atomic mass is 10.1. The molecule has 0 unspecified atom stereocenters. The third-order valence-electron chi connectivity index (χ3n) is 3.64. The fraction of sp³-hybridized carbons (Fsp3) is 0.167. The molecule has 0 bridgehead atoms. The number of fused-ring (bicyclic) bond motifs is 1. The predicted molar refractivity (Wildman–Crippen MR) is 87.0 cm³/mol. The number of aromatic nitrogens is 1. The number of ether oxygens (including phenoxy) is 2. The maximum Gasteiger partial charge on any atom is 0.307 e. The molecule has 2 aromatic carbocycles. The van der Waals surface area contributed by atoms with Crippen LogP contribution in [-0.4, -0.2) is 23.2 Å². The number of carboxylic acids is 1. The summed E-state index contributed by atoms with van der Waals surface area (Å²) in [5, 5.41) is 9.85. The summed E-state index contributed by atoms with van der Waals surface area (Å²) in [6, 6.07) is 13.3. The molecule has 2 N–H and O–H groups in total. The third kappa shape index (κ3) is 3.29. The van der Waals surface area contributed by atoms with Gasteiger partial charge in [0.15, 0.2) is 0 Å². The number of rotatable bonds is 6. The molecule has 0 atom stereocenters. The first-order valence-corrected chi connectivity index (χ1v) is 7.24. The summed E-state index contributed by atoms with van der Waals surface area (Å²) >= 11 is 0. The number of aliphatic carboxylic acids is 1. The minimum Gasteiger partial charge on any atom is -0.497 e. The molecule has 0 spiro atoms. The molecular weight excluding hydrogens is 294 g/mol. The number of H-pyrrole nitrogens is 1. The molecule has 118 valence electrons. The van der Waals surface area contributed by atoms with Gasteiger partial charge >= 0.3 is 5.97 Å². The Morgan fingerprint density at radius 2 is 1.96 bits per heavy atom. The van der Waals surface area contributed by atoms with Gasteiger partial charge in [0.1, 0.15) is 18.1 Å². The Bertz CT molecular complexity index is 821. The van der Waals surface area contributed by atoms with Gasteiger partial charge in [-0.05, 0) is 35.4 Å². The van der Waals surface area contributed by atoms with Crippen molar-refractivity contribution in [3.63, 3.8) is 0 Å².